The third-order valence-corrected chi connectivity index (χ3v) is 19.3. The summed E-state index contributed by atoms with van der Waals surface area (Å²) < 4.78 is 48.1. The minimum Gasteiger partial charge on any atom is -0.459 e. The van der Waals surface area contributed by atoms with Crippen molar-refractivity contribution >= 4 is 46.3 Å². The number of primary amides is 1. The number of fused-ring (bicyclic) bond motifs is 1. The van der Waals surface area contributed by atoms with Gasteiger partial charge in [-0.25, -0.2) is 9.78 Å². The highest BCUT2D eigenvalue weighted by molar-refractivity contribution is 5.99. The summed E-state index contributed by atoms with van der Waals surface area (Å²) in [5, 5.41) is 84.2. The number of likely N-dealkylation sites (N-methyl/N-ethyl adjacent to an activating group) is 1. The quantitative estimate of drug-likeness (QED) is 0.0219. The van der Waals surface area contributed by atoms with E-state index in [1.807, 2.05) is 110 Å². The van der Waals surface area contributed by atoms with Crippen LogP contribution in [0.5, 0.6) is 0 Å². The maximum atomic E-state index is 14.3. The number of urea groups is 1. The number of hydrogen-bond acceptors (Lipinski definition) is 23. The molecule has 576 valence electrons. The number of methoxy groups -OCH3 is 2. The van der Waals surface area contributed by atoms with Crippen molar-refractivity contribution in [3.63, 3.8) is 0 Å². The maximum absolute atomic E-state index is 14.3. The molecule has 5 amide bonds. The highest BCUT2D eigenvalue weighted by Crippen LogP contribution is 2.41. The lowest BCUT2D eigenvalue weighted by molar-refractivity contribution is -0.317. The van der Waals surface area contributed by atoms with Crippen LogP contribution in [-0.4, -0.2) is 250 Å². The van der Waals surface area contributed by atoms with Gasteiger partial charge >= 0.3 is 12.0 Å². The van der Waals surface area contributed by atoms with Crippen LogP contribution in [-0.2, 0) is 63.5 Å². The number of amides is 5. The number of cyclic esters (lactones) is 1. The summed E-state index contributed by atoms with van der Waals surface area (Å²) in [7, 11) is 6.76. The summed E-state index contributed by atoms with van der Waals surface area (Å²) in [6, 6.07) is 17.0. The van der Waals surface area contributed by atoms with Gasteiger partial charge < -0.3 is 105 Å². The van der Waals surface area contributed by atoms with E-state index in [1.165, 1.54) is 25.0 Å². The van der Waals surface area contributed by atoms with Crippen molar-refractivity contribution in [2.24, 2.45) is 40.5 Å². The van der Waals surface area contributed by atoms with Gasteiger partial charge in [0, 0.05) is 61.9 Å². The molecule has 2 aromatic carbocycles. The van der Waals surface area contributed by atoms with Crippen molar-refractivity contribution < 1.29 is 97.3 Å². The van der Waals surface area contributed by atoms with E-state index < -0.39 is 150 Å². The molecule has 3 fully saturated rings. The van der Waals surface area contributed by atoms with E-state index >= 15 is 0 Å². The van der Waals surface area contributed by atoms with Gasteiger partial charge in [-0.2, -0.15) is 0 Å². The van der Waals surface area contributed by atoms with Gasteiger partial charge in [0.2, 0.25) is 18.6 Å². The van der Waals surface area contributed by atoms with Crippen molar-refractivity contribution in [2.45, 2.75) is 250 Å². The van der Waals surface area contributed by atoms with Gasteiger partial charge in [0.15, 0.2) is 12.6 Å². The number of aliphatic hydroxyl groups excluding tert-OH is 4. The first-order valence-electron chi connectivity index (χ1n) is 35.5. The second-order valence-corrected chi connectivity index (χ2v) is 30.2. The van der Waals surface area contributed by atoms with Crippen LogP contribution in [0.2, 0.25) is 0 Å². The molecule has 11 N–H and O–H groups in total. The summed E-state index contributed by atoms with van der Waals surface area (Å²) in [5.74, 6) is -6.17. The number of pyridine rings is 1. The molecule has 0 bridgehead atoms. The van der Waals surface area contributed by atoms with Gasteiger partial charge in [0.05, 0.1) is 97.2 Å². The number of nitrogens with one attached hydrogen (secondary N) is 3. The summed E-state index contributed by atoms with van der Waals surface area (Å²) in [4.78, 5) is 79.4. The summed E-state index contributed by atoms with van der Waals surface area (Å²) in [5.41, 5.74) is 1.97. The minimum absolute atomic E-state index is 0.0307. The van der Waals surface area contributed by atoms with Crippen molar-refractivity contribution in [1.82, 2.24) is 30.7 Å². The summed E-state index contributed by atoms with van der Waals surface area (Å²) in [6.07, 6.45) is -10.9. The van der Waals surface area contributed by atoms with Crippen LogP contribution in [0.4, 0.5) is 4.79 Å². The average Bonchev–Trinajstić information content (AvgIpc) is 0.775. The zero-order chi connectivity index (χ0) is 76.4. The number of ether oxygens (including phenoxy) is 8. The largest absolute Gasteiger partial charge is 0.459 e. The molecule has 28 heteroatoms. The first-order chi connectivity index (χ1) is 47.7. The van der Waals surface area contributed by atoms with E-state index in [0.717, 1.165) is 10.9 Å². The van der Waals surface area contributed by atoms with Gasteiger partial charge in [0.25, 0.3) is 5.91 Å². The zero-order valence-electron chi connectivity index (χ0n) is 63.4. The maximum Gasteiger partial charge on any atom is 0.317 e. The molecule has 3 aromatic rings. The lowest BCUT2D eigenvalue weighted by atomic mass is 9.73. The van der Waals surface area contributed by atoms with Crippen molar-refractivity contribution in [1.29, 1.82) is 0 Å². The number of aromatic nitrogens is 1. The van der Waals surface area contributed by atoms with E-state index in [9.17, 15) is 54.6 Å². The Morgan fingerprint density at radius 3 is 2.11 bits per heavy atom. The molecule has 102 heavy (non-hydrogen) atoms. The standard InChI is InChI=1S/C41H76N2O15.C33H44N6O5/c1-15-29-41(10,49)34(45)24(4)31(42-53-21-52-17-16-50-13)22(2)19-39(8,48)36(58-38-32(44)28(43(11)12)18-23(3)54-38)25(5)33(26(6)37(47)56-29)57-30-20-40(9,51-14)35(46)27(7)55-30;1-21(2)19-39(32(44)38-33(3,4)5)20-28(40)26(17-22-11-7-6-8-12-22)36-31(43)27(18-29(34)41)37-30(42)25-16-15-23-13-9-10-14-24(23)35-25/h22-30,32-36,38,44-46,48-49H,15-21H2,1-14H3;6-16,21,26-28,40H,17-20H2,1-5H3,(H2,34,41)(H,36,43)(H,37,42)(H,38,44)/b42-31+;/t22-,23-,24+,25+,26-,27+,28+,29-,30+,32-,33+,34-,35+,36-,38+,39-,40-,41-;26-,27-,28+/m10/s1. The third-order valence-electron chi connectivity index (χ3n) is 19.3. The number of benzene rings is 2. The fraction of sp³-hybridized carbons (Fsp3) is 0.716. The van der Waals surface area contributed by atoms with Crippen molar-refractivity contribution in [2.75, 3.05) is 61.4 Å². The molecule has 0 unspecified atom stereocenters. The van der Waals surface area contributed by atoms with Crippen LogP contribution in [0.3, 0.4) is 0 Å². The number of para-hydroxylation sites is 1. The van der Waals surface area contributed by atoms with Gasteiger partial charge in [-0.1, -0.05) is 101 Å². The lowest BCUT2D eigenvalue weighted by Gasteiger charge is -2.49. The van der Waals surface area contributed by atoms with Crippen LogP contribution in [0.25, 0.3) is 10.9 Å². The molecule has 0 spiro atoms. The van der Waals surface area contributed by atoms with E-state index in [1.54, 1.807) is 73.8 Å². The number of aliphatic hydroxyl groups is 6. The number of carbonyl (C=O) groups is 5. The second-order valence-electron chi connectivity index (χ2n) is 30.2. The molecule has 3 saturated heterocycles. The summed E-state index contributed by atoms with van der Waals surface area (Å²) in [6.45, 7) is 27.2. The number of carbonyl (C=O) groups excluding carboxylic acids is 5. The first-order valence-corrected chi connectivity index (χ1v) is 35.5. The Bertz CT molecular complexity index is 3160. The number of hydrogen-bond donors (Lipinski definition) is 10. The highest BCUT2D eigenvalue weighted by Gasteiger charge is 2.54. The summed E-state index contributed by atoms with van der Waals surface area (Å²) >= 11 is 0. The molecule has 0 saturated carbocycles. The normalized spacial score (nSPS) is 31.9. The van der Waals surface area contributed by atoms with Gasteiger partial charge in [-0.05, 0) is 126 Å². The Morgan fingerprint density at radius 2 is 1.50 bits per heavy atom. The van der Waals surface area contributed by atoms with Gasteiger partial charge in [0.1, 0.15) is 35.6 Å². The molecular weight excluding hydrogens is 1320 g/mol. The Kier molecular flexibility index (Phi) is 32.9. The molecular formula is C74H120N8O20. The molecule has 0 aliphatic carbocycles. The van der Waals surface area contributed by atoms with E-state index in [4.69, 9.17) is 48.5 Å². The molecule has 6 rings (SSSR count). The number of nitrogens with two attached hydrogens (primary N) is 1. The van der Waals surface area contributed by atoms with Gasteiger partial charge in [-0.3, -0.25) is 19.2 Å². The SMILES string of the molecule is CC(C)CN(C[C@@H](O)[C@H](Cc1ccccc1)NC(=O)[C@H](CC(N)=O)NC(=O)c1ccc2ccccc2n1)C(=O)NC(C)(C)C.CC[C@H]1OC(=O)[C@H](C)[C@@H](O[C@H]2C[C@@](C)(OC)[C@@H](O)[C@H](C)O2)[C@H](C)[C@@H](O[C@@H]2O[C@H](C)C[C@H](N(C)C)[C@H]2O)[C@](C)(O)C[C@@H](C)/C(=N\OCOCCOC)[C@H](C)[C@@H](O)[C@]1(C)O. The number of esters is 1. The molecule has 21 atom stereocenters. The minimum atomic E-state index is -1.97. The fourth-order valence-corrected chi connectivity index (χ4v) is 13.6. The van der Waals surface area contributed by atoms with Crippen molar-refractivity contribution in [3.05, 3.63) is 78.0 Å². The van der Waals surface area contributed by atoms with E-state index in [-0.39, 0.29) is 75.4 Å². The molecule has 28 nitrogen and oxygen atoms in total. The molecule has 4 heterocycles. The molecule has 0 radical (unpaired) electrons. The number of oxime groups is 1. The Balaban J connectivity index is 0.000000381. The Labute approximate surface area is 602 Å². The van der Waals surface area contributed by atoms with E-state index in [2.05, 4.69) is 26.1 Å². The number of nitrogens with zero attached hydrogens (tertiary/aromatic N) is 4. The van der Waals surface area contributed by atoms with Crippen LogP contribution >= 0.6 is 0 Å². The van der Waals surface area contributed by atoms with Crippen molar-refractivity contribution in [3.8, 4) is 0 Å². The fourth-order valence-electron chi connectivity index (χ4n) is 13.6. The predicted octanol–water partition coefficient (Wildman–Crippen LogP) is 4.97. The molecule has 1 aromatic heterocycles. The lowest BCUT2D eigenvalue weighted by Crippen LogP contribution is -2.61. The molecule has 3 aliphatic rings. The molecule has 3 aliphatic heterocycles. The number of rotatable bonds is 26. The van der Waals surface area contributed by atoms with Crippen LogP contribution < -0.4 is 21.7 Å². The average molecular weight is 1440 g/mol. The van der Waals surface area contributed by atoms with Crippen LogP contribution in [0.15, 0.2) is 71.9 Å². The third kappa shape index (κ3) is 24.5. The Hall–Kier alpha value is -6.09. The monoisotopic (exact) mass is 1440 g/mol. The van der Waals surface area contributed by atoms with E-state index in [0.29, 0.717) is 30.8 Å². The topological polar surface area (TPSA) is 384 Å². The smallest absolute Gasteiger partial charge is 0.317 e. The van der Waals surface area contributed by atoms with Crippen LogP contribution in [0, 0.1) is 29.6 Å². The zero-order valence-corrected chi connectivity index (χ0v) is 63.4. The van der Waals surface area contributed by atoms with Crippen LogP contribution in [0.1, 0.15) is 152 Å². The Morgan fingerprint density at radius 1 is 0.843 bits per heavy atom. The first kappa shape index (κ1) is 86.6. The van der Waals surface area contributed by atoms with Gasteiger partial charge in [-0.15, -0.1) is 0 Å². The highest BCUT2D eigenvalue weighted by atomic mass is 16.7. The second kappa shape index (κ2) is 38.8. The predicted molar refractivity (Wildman–Crippen MR) is 382 cm³/mol.